The summed E-state index contributed by atoms with van der Waals surface area (Å²) >= 11 is 1.43. The SMILES string of the molecule is CCc1cccc(NC(=O)CSC2CCS(=O)(=O)C2)c1. The molecule has 1 aromatic rings. The average molecular weight is 313 g/mol. The zero-order valence-electron chi connectivity index (χ0n) is 11.5. The third-order valence-electron chi connectivity index (χ3n) is 3.26. The number of anilines is 1. The number of thioether (sulfide) groups is 1. The summed E-state index contributed by atoms with van der Waals surface area (Å²) in [7, 11) is -2.86. The van der Waals surface area contributed by atoms with Crippen molar-refractivity contribution in [3.8, 4) is 0 Å². The second kappa shape index (κ2) is 6.63. The van der Waals surface area contributed by atoms with Gasteiger partial charge in [-0.2, -0.15) is 0 Å². The molecule has 1 atom stereocenters. The van der Waals surface area contributed by atoms with Crippen LogP contribution in [0.1, 0.15) is 18.9 Å². The number of carbonyl (C=O) groups is 1. The highest BCUT2D eigenvalue weighted by molar-refractivity contribution is 8.02. The van der Waals surface area contributed by atoms with Gasteiger partial charge in [-0.05, 0) is 30.5 Å². The highest BCUT2D eigenvalue weighted by Gasteiger charge is 2.28. The summed E-state index contributed by atoms with van der Waals surface area (Å²) < 4.78 is 22.7. The van der Waals surface area contributed by atoms with Crippen LogP contribution in [0.2, 0.25) is 0 Å². The molecule has 6 heteroatoms. The Hall–Kier alpha value is -1.01. The maximum absolute atomic E-state index is 11.8. The topological polar surface area (TPSA) is 63.2 Å². The third-order valence-corrected chi connectivity index (χ3v) is 6.54. The van der Waals surface area contributed by atoms with Crippen LogP contribution in [0.5, 0.6) is 0 Å². The summed E-state index contributed by atoms with van der Waals surface area (Å²) in [5, 5.41) is 2.91. The minimum absolute atomic E-state index is 0.0627. The van der Waals surface area contributed by atoms with Crippen molar-refractivity contribution in [1.82, 2.24) is 0 Å². The van der Waals surface area contributed by atoms with Crippen LogP contribution in [-0.4, -0.2) is 36.8 Å². The van der Waals surface area contributed by atoms with Gasteiger partial charge in [0.25, 0.3) is 0 Å². The Morgan fingerprint density at radius 3 is 2.90 bits per heavy atom. The van der Waals surface area contributed by atoms with E-state index >= 15 is 0 Å². The molecular weight excluding hydrogens is 294 g/mol. The van der Waals surface area contributed by atoms with Crippen LogP contribution in [0.15, 0.2) is 24.3 Å². The molecule has 0 aromatic heterocycles. The average Bonchev–Trinajstić information content (AvgIpc) is 2.76. The standard InChI is InChI=1S/C14H19NO3S2/c1-2-11-4-3-5-12(8-11)15-14(16)9-19-13-6-7-20(17,18)10-13/h3-5,8,13H,2,6-7,9-10H2,1H3,(H,15,16). The molecule has 0 radical (unpaired) electrons. The van der Waals surface area contributed by atoms with Crippen molar-refractivity contribution in [3.63, 3.8) is 0 Å². The lowest BCUT2D eigenvalue weighted by Gasteiger charge is -2.09. The number of hydrogen-bond acceptors (Lipinski definition) is 4. The van der Waals surface area contributed by atoms with Crippen LogP contribution in [0, 0.1) is 0 Å². The first-order valence-corrected chi connectivity index (χ1v) is 9.56. The van der Waals surface area contributed by atoms with Gasteiger partial charge in [0.05, 0.1) is 17.3 Å². The van der Waals surface area contributed by atoms with E-state index in [2.05, 4.69) is 12.2 Å². The molecule has 0 spiro atoms. The maximum Gasteiger partial charge on any atom is 0.234 e. The number of aryl methyl sites for hydroxylation is 1. The molecule has 1 fully saturated rings. The molecular formula is C14H19NO3S2. The number of sulfone groups is 1. The molecule has 1 aromatic carbocycles. The Kier molecular flexibility index (Phi) is 5.10. The Balaban J connectivity index is 1.81. The lowest BCUT2D eigenvalue weighted by atomic mass is 10.1. The molecule has 1 unspecified atom stereocenters. The van der Waals surface area contributed by atoms with Gasteiger partial charge >= 0.3 is 0 Å². The first-order valence-electron chi connectivity index (χ1n) is 6.69. The van der Waals surface area contributed by atoms with Gasteiger partial charge < -0.3 is 5.32 Å². The Bertz CT molecular complexity index is 584. The van der Waals surface area contributed by atoms with Crippen molar-refractivity contribution in [2.24, 2.45) is 0 Å². The molecule has 1 N–H and O–H groups in total. The molecule has 20 heavy (non-hydrogen) atoms. The Morgan fingerprint density at radius 2 is 2.25 bits per heavy atom. The van der Waals surface area contributed by atoms with Crippen LogP contribution in [0.25, 0.3) is 0 Å². The Labute approximate surface area is 124 Å². The monoisotopic (exact) mass is 313 g/mol. The zero-order valence-corrected chi connectivity index (χ0v) is 13.1. The van der Waals surface area contributed by atoms with Gasteiger partial charge in [-0.15, -0.1) is 11.8 Å². The molecule has 1 aliphatic heterocycles. The minimum atomic E-state index is -2.86. The molecule has 1 saturated heterocycles. The lowest BCUT2D eigenvalue weighted by Crippen LogP contribution is -2.17. The van der Waals surface area contributed by atoms with Crippen LogP contribution in [0.4, 0.5) is 5.69 Å². The molecule has 4 nitrogen and oxygen atoms in total. The highest BCUT2D eigenvalue weighted by atomic mass is 32.2. The predicted octanol–water partition coefficient (Wildman–Crippen LogP) is 2.11. The molecule has 0 aliphatic carbocycles. The normalized spacial score (nSPS) is 20.8. The quantitative estimate of drug-likeness (QED) is 0.904. The maximum atomic E-state index is 11.8. The lowest BCUT2D eigenvalue weighted by molar-refractivity contribution is -0.113. The van der Waals surface area contributed by atoms with E-state index in [0.717, 1.165) is 12.1 Å². The summed E-state index contributed by atoms with van der Waals surface area (Å²) in [6.07, 6.45) is 1.59. The van der Waals surface area contributed by atoms with Crippen molar-refractivity contribution >= 4 is 33.2 Å². The zero-order chi connectivity index (χ0) is 14.6. The molecule has 1 heterocycles. The number of benzene rings is 1. The van der Waals surface area contributed by atoms with Gasteiger partial charge in [-0.1, -0.05) is 19.1 Å². The number of amides is 1. The number of rotatable bonds is 5. The largest absolute Gasteiger partial charge is 0.325 e. The fourth-order valence-electron chi connectivity index (χ4n) is 2.15. The molecule has 0 saturated carbocycles. The van der Waals surface area contributed by atoms with E-state index < -0.39 is 9.84 Å². The first-order chi connectivity index (χ1) is 9.48. The fourth-order valence-corrected chi connectivity index (χ4v) is 5.60. The Morgan fingerprint density at radius 1 is 1.45 bits per heavy atom. The van der Waals surface area contributed by atoms with E-state index in [-0.39, 0.29) is 22.7 Å². The summed E-state index contributed by atoms with van der Waals surface area (Å²) in [5.41, 5.74) is 1.98. The van der Waals surface area contributed by atoms with E-state index in [0.29, 0.717) is 12.2 Å². The van der Waals surface area contributed by atoms with Gasteiger partial charge in [0.15, 0.2) is 9.84 Å². The van der Waals surface area contributed by atoms with E-state index in [4.69, 9.17) is 0 Å². The van der Waals surface area contributed by atoms with Gasteiger partial charge in [0.2, 0.25) is 5.91 Å². The molecule has 1 aliphatic rings. The van der Waals surface area contributed by atoms with Gasteiger partial charge in [-0.25, -0.2) is 8.42 Å². The molecule has 1 amide bonds. The number of nitrogens with one attached hydrogen (secondary N) is 1. The molecule has 0 bridgehead atoms. The number of carbonyl (C=O) groups excluding carboxylic acids is 1. The van der Waals surface area contributed by atoms with Crippen LogP contribution in [0.3, 0.4) is 0 Å². The van der Waals surface area contributed by atoms with Crippen LogP contribution in [-0.2, 0) is 21.1 Å². The summed E-state index contributed by atoms with van der Waals surface area (Å²) in [5.74, 6) is 0.685. The summed E-state index contributed by atoms with van der Waals surface area (Å²) in [6, 6.07) is 7.77. The van der Waals surface area contributed by atoms with Gasteiger partial charge in [-0.3, -0.25) is 4.79 Å². The van der Waals surface area contributed by atoms with Crippen LogP contribution < -0.4 is 5.32 Å². The van der Waals surface area contributed by atoms with Crippen molar-refractivity contribution in [2.75, 3.05) is 22.6 Å². The summed E-state index contributed by atoms with van der Waals surface area (Å²) in [4.78, 5) is 11.8. The smallest absolute Gasteiger partial charge is 0.234 e. The molecule has 2 rings (SSSR count). The predicted molar refractivity (Wildman–Crippen MR) is 84.0 cm³/mol. The first kappa shape index (κ1) is 15.4. The van der Waals surface area contributed by atoms with E-state index in [9.17, 15) is 13.2 Å². The van der Waals surface area contributed by atoms with Crippen molar-refractivity contribution < 1.29 is 13.2 Å². The van der Waals surface area contributed by atoms with E-state index in [1.54, 1.807) is 0 Å². The number of hydrogen-bond donors (Lipinski definition) is 1. The highest BCUT2D eigenvalue weighted by Crippen LogP contribution is 2.24. The fraction of sp³-hybridized carbons (Fsp3) is 0.500. The van der Waals surface area contributed by atoms with Gasteiger partial charge in [0, 0.05) is 10.9 Å². The van der Waals surface area contributed by atoms with Crippen molar-refractivity contribution in [3.05, 3.63) is 29.8 Å². The second-order valence-electron chi connectivity index (χ2n) is 4.94. The van der Waals surface area contributed by atoms with Crippen molar-refractivity contribution in [1.29, 1.82) is 0 Å². The molecule has 110 valence electrons. The van der Waals surface area contributed by atoms with Crippen molar-refractivity contribution in [2.45, 2.75) is 25.0 Å². The second-order valence-corrected chi connectivity index (χ2v) is 8.46. The van der Waals surface area contributed by atoms with E-state index in [1.807, 2.05) is 24.3 Å². The van der Waals surface area contributed by atoms with Gasteiger partial charge in [0.1, 0.15) is 0 Å². The van der Waals surface area contributed by atoms with Crippen LogP contribution >= 0.6 is 11.8 Å². The minimum Gasteiger partial charge on any atom is -0.325 e. The summed E-state index contributed by atoms with van der Waals surface area (Å²) in [6.45, 7) is 2.07. The van der Waals surface area contributed by atoms with E-state index in [1.165, 1.54) is 17.3 Å². The third kappa shape index (κ3) is 4.52.